The fourth-order valence-corrected chi connectivity index (χ4v) is 4.17. The standard InChI is InChI=1S/C21H22N2O6/c1-28-16-10-8-15(9-11-16)18(13-23(26)27)21(20(25)29-2)17(12-22-19(21)24)14-6-4-3-5-7-14/h3-11,17-18H,12-13H2,1-2H3,(H,22,24). The van der Waals surface area contributed by atoms with Crippen LogP contribution in [-0.4, -0.2) is 44.1 Å². The molecule has 29 heavy (non-hydrogen) atoms. The lowest BCUT2D eigenvalue weighted by molar-refractivity contribution is -0.485. The number of benzene rings is 2. The van der Waals surface area contributed by atoms with Gasteiger partial charge in [0.1, 0.15) is 5.75 Å². The quantitative estimate of drug-likeness (QED) is 0.331. The van der Waals surface area contributed by atoms with E-state index in [1.165, 1.54) is 14.2 Å². The minimum absolute atomic E-state index is 0.183. The minimum atomic E-state index is -1.77. The molecule has 152 valence electrons. The summed E-state index contributed by atoms with van der Waals surface area (Å²) in [5.74, 6) is -2.43. The molecule has 2 aromatic rings. The number of rotatable bonds is 7. The number of esters is 1. The second-order valence-electron chi connectivity index (χ2n) is 6.87. The van der Waals surface area contributed by atoms with Crippen LogP contribution in [0.3, 0.4) is 0 Å². The lowest BCUT2D eigenvalue weighted by atomic mass is 9.63. The van der Waals surface area contributed by atoms with Crippen molar-refractivity contribution in [3.63, 3.8) is 0 Å². The molecule has 0 saturated carbocycles. The van der Waals surface area contributed by atoms with Crippen LogP contribution in [0.25, 0.3) is 0 Å². The molecule has 1 saturated heterocycles. The van der Waals surface area contributed by atoms with Crippen LogP contribution in [0.4, 0.5) is 0 Å². The van der Waals surface area contributed by atoms with Crippen molar-refractivity contribution in [3.05, 3.63) is 75.8 Å². The van der Waals surface area contributed by atoms with Gasteiger partial charge in [-0.05, 0) is 23.3 Å². The number of amides is 1. The molecule has 1 heterocycles. The van der Waals surface area contributed by atoms with Gasteiger partial charge in [0.2, 0.25) is 12.5 Å². The van der Waals surface area contributed by atoms with Gasteiger partial charge in [0.15, 0.2) is 5.41 Å². The van der Waals surface area contributed by atoms with Crippen LogP contribution >= 0.6 is 0 Å². The van der Waals surface area contributed by atoms with Gasteiger partial charge in [0, 0.05) is 17.4 Å². The van der Waals surface area contributed by atoms with Crippen molar-refractivity contribution in [2.75, 3.05) is 27.3 Å². The van der Waals surface area contributed by atoms with Crippen molar-refractivity contribution < 1.29 is 24.0 Å². The predicted octanol–water partition coefficient (Wildman–Crippen LogP) is 2.13. The van der Waals surface area contributed by atoms with Crippen molar-refractivity contribution in [3.8, 4) is 5.75 Å². The van der Waals surface area contributed by atoms with E-state index in [-0.39, 0.29) is 6.54 Å². The van der Waals surface area contributed by atoms with E-state index in [0.717, 1.165) is 5.56 Å². The van der Waals surface area contributed by atoms with E-state index in [4.69, 9.17) is 9.47 Å². The van der Waals surface area contributed by atoms with E-state index in [1.54, 1.807) is 48.5 Å². The first kappa shape index (κ1) is 20.3. The zero-order valence-electron chi connectivity index (χ0n) is 16.2. The number of methoxy groups -OCH3 is 2. The van der Waals surface area contributed by atoms with Crippen LogP contribution in [0.1, 0.15) is 23.0 Å². The lowest BCUT2D eigenvalue weighted by Crippen LogP contribution is -2.49. The molecule has 8 nitrogen and oxygen atoms in total. The van der Waals surface area contributed by atoms with Gasteiger partial charge in [-0.2, -0.15) is 0 Å². The highest BCUT2D eigenvalue weighted by atomic mass is 16.6. The third-order valence-electron chi connectivity index (χ3n) is 5.52. The van der Waals surface area contributed by atoms with Crippen molar-refractivity contribution in [1.29, 1.82) is 0 Å². The lowest BCUT2D eigenvalue weighted by Gasteiger charge is -2.35. The normalized spacial score (nSPS) is 21.9. The molecule has 1 fully saturated rings. The Kier molecular flexibility index (Phi) is 5.81. The summed E-state index contributed by atoms with van der Waals surface area (Å²) in [5, 5.41) is 14.3. The molecular weight excluding hydrogens is 376 g/mol. The van der Waals surface area contributed by atoms with Gasteiger partial charge in [0.25, 0.3) is 0 Å². The number of nitro groups is 1. The molecule has 1 aliphatic rings. The number of carbonyl (C=O) groups is 2. The van der Waals surface area contributed by atoms with Crippen LogP contribution in [0.5, 0.6) is 5.75 Å². The fourth-order valence-electron chi connectivity index (χ4n) is 4.17. The summed E-state index contributed by atoms with van der Waals surface area (Å²) in [7, 11) is 2.70. The summed E-state index contributed by atoms with van der Waals surface area (Å²) in [6.07, 6.45) is 0. The van der Waals surface area contributed by atoms with Crippen molar-refractivity contribution in [1.82, 2.24) is 5.32 Å². The van der Waals surface area contributed by atoms with E-state index >= 15 is 0 Å². The summed E-state index contributed by atoms with van der Waals surface area (Å²) >= 11 is 0. The largest absolute Gasteiger partial charge is 0.497 e. The Morgan fingerprint density at radius 3 is 2.41 bits per heavy atom. The third kappa shape index (κ3) is 3.53. The Morgan fingerprint density at radius 2 is 1.86 bits per heavy atom. The van der Waals surface area contributed by atoms with Gasteiger partial charge in [-0.15, -0.1) is 0 Å². The van der Waals surface area contributed by atoms with Crippen molar-refractivity contribution in [2.24, 2.45) is 5.41 Å². The molecule has 0 bridgehead atoms. The summed E-state index contributed by atoms with van der Waals surface area (Å²) < 4.78 is 10.2. The Bertz CT molecular complexity index is 899. The Morgan fingerprint density at radius 1 is 1.21 bits per heavy atom. The highest BCUT2D eigenvalue weighted by Crippen LogP contribution is 2.51. The summed E-state index contributed by atoms with van der Waals surface area (Å²) in [6, 6.07) is 15.6. The highest BCUT2D eigenvalue weighted by Gasteiger charge is 2.64. The fraction of sp³-hybridized carbons (Fsp3) is 0.333. The number of carbonyl (C=O) groups excluding carboxylic acids is 2. The molecule has 0 aromatic heterocycles. The molecule has 0 radical (unpaired) electrons. The van der Waals surface area contributed by atoms with Gasteiger partial charge >= 0.3 is 5.97 Å². The summed E-state index contributed by atoms with van der Waals surface area (Å²) in [4.78, 5) is 37.3. The maximum absolute atomic E-state index is 13.1. The van der Waals surface area contributed by atoms with Crippen LogP contribution in [0.15, 0.2) is 54.6 Å². The van der Waals surface area contributed by atoms with E-state index in [9.17, 15) is 19.7 Å². The van der Waals surface area contributed by atoms with E-state index in [2.05, 4.69) is 5.32 Å². The first-order chi connectivity index (χ1) is 13.9. The molecule has 0 spiro atoms. The van der Waals surface area contributed by atoms with Gasteiger partial charge in [-0.1, -0.05) is 42.5 Å². The third-order valence-corrected chi connectivity index (χ3v) is 5.52. The van der Waals surface area contributed by atoms with Crippen LogP contribution < -0.4 is 10.1 Å². The molecule has 1 N–H and O–H groups in total. The molecule has 1 amide bonds. The van der Waals surface area contributed by atoms with E-state index in [1.807, 2.05) is 6.07 Å². The van der Waals surface area contributed by atoms with Crippen LogP contribution in [-0.2, 0) is 14.3 Å². The average molecular weight is 398 g/mol. The molecule has 3 atom stereocenters. The molecule has 3 rings (SSSR count). The van der Waals surface area contributed by atoms with Crippen LogP contribution in [0.2, 0.25) is 0 Å². The van der Waals surface area contributed by atoms with Crippen LogP contribution in [0, 0.1) is 15.5 Å². The molecule has 2 aromatic carbocycles. The Labute approximate surface area is 168 Å². The Balaban J connectivity index is 2.22. The van der Waals surface area contributed by atoms with Crippen molar-refractivity contribution >= 4 is 11.9 Å². The maximum Gasteiger partial charge on any atom is 0.322 e. The number of nitrogens with zero attached hydrogens (tertiary/aromatic N) is 1. The molecule has 0 aliphatic carbocycles. The number of hydrogen-bond acceptors (Lipinski definition) is 6. The number of nitrogens with one attached hydrogen (secondary N) is 1. The Hall–Kier alpha value is -3.42. The topological polar surface area (TPSA) is 108 Å². The second-order valence-corrected chi connectivity index (χ2v) is 6.87. The smallest absolute Gasteiger partial charge is 0.322 e. The molecular formula is C21H22N2O6. The number of ether oxygens (including phenoxy) is 2. The first-order valence-corrected chi connectivity index (χ1v) is 9.12. The van der Waals surface area contributed by atoms with Gasteiger partial charge in [-0.3, -0.25) is 19.7 Å². The van der Waals surface area contributed by atoms with E-state index < -0.39 is 40.6 Å². The first-order valence-electron chi connectivity index (χ1n) is 9.12. The zero-order valence-corrected chi connectivity index (χ0v) is 16.2. The predicted molar refractivity (Wildman–Crippen MR) is 104 cm³/mol. The highest BCUT2D eigenvalue weighted by molar-refractivity contribution is 6.06. The molecule has 8 heteroatoms. The zero-order chi connectivity index (χ0) is 21.0. The monoisotopic (exact) mass is 398 g/mol. The van der Waals surface area contributed by atoms with Gasteiger partial charge in [0.05, 0.1) is 20.1 Å². The maximum atomic E-state index is 13.1. The minimum Gasteiger partial charge on any atom is -0.497 e. The van der Waals surface area contributed by atoms with Gasteiger partial charge < -0.3 is 14.8 Å². The average Bonchev–Trinajstić information content (AvgIpc) is 3.09. The summed E-state index contributed by atoms with van der Waals surface area (Å²) in [6.45, 7) is -0.416. The number of hydrogen-bond donors (Lipinski definition) is 1. The SMILES string of the molecule is COC(=O)C1(C(C[N+](=O)[O-])c2ccc(OC)cc2)C(=O)NCC1c1ccccc1. The van der Waals surface area contributed by atoms with Gasteiger partial charge in [-0.25, -0.2) is 0 Å². The molecule has 1 aliphatic heterocycles. The second kappa shape index (κ2) is 8.30. The van der Waals surface area contributed by atoms with E-state index in [0.29, 0.717) is 11.3 Å². The summed E-state index contributed by atoms with van der Waals surface area (Å²) in [5.41, 5.74) is -0.540. The molecule has 3 unspecified atom stereocenters. The van der Waals surface area contributed by atoms with Crippen molar-refractivity contribution in [2.45, 2.75) is 11.8 Å².